The van der Waals surface area contributed by atoms with Crippen LogP contribution < -0.4 is 4.90 Å². The molecule has 0 aliphatic carbocycles. The van der Waals surface area contributed by atoms with Crippen molar-refractivity contribution in [1.29, 1.82) is 0 Å². The normalized spacial score (nSPS) is 11.6. The van der Waals surface area contributed by atoms with Gasteiger partial charge in [-0.05, 0) is 68.1 Å². The average molecular weight is 469 g/mol. The zero-order valence-electron chi connectivity index (χ0n) is 19.4. The lowest BCUT2D eigenvalue weighted by molar-refractivity contribution is -0.118. The molecule has 0 N–H and O–H groups in total. The molecule has 7 heteroatoms. The molecule has 0 atom stereocenters. The molecule has 5 nitrogen and oxygen atoms in total. The molecule has 1 amide bonds. The highest BCUT2D eigenvalue weighted by Gasteiger charge is 2.30. The standard InChI is InChI=1S/C26H29FN2O3S/c1-19-16-20(2)26(21(3)17-19)33(31,32)29(15-14-22-8-6-5-7-9-22)18-25(30)28(4)24-12-10-23(27)11-13-24/h5-13,16-17H,14-15,18H2,1-4H3. The zero-order chi connectivity index (χ0) is 24.2. The summed E-state index contributed by atoms with van der Waals surface area (Å²) in [4.78, 5) is 14.7. The van der Waals surface area contributed by atoms with E-state index in [4.69, 9.17) is 0 Å². The monoisotopic (exact) mass is 468 g/mol. The summed E-state index contributed by atoms with van der Waals surface area (Å²) in [5.41, 5.74) is 3.75. The number of hydrogen-bond donors (Lipinski definition) is 0. The van der Waals surface area contributed by atoms with E-state index in [2.05, 4.69) is 0 Å². The largest absolute Gasteiger partial charge is 0.314 e. The maximum Gasteiger partial charge on any atom is 0.244 e. The summed E-state index contributed by atoms with van der Waals surface area (Å²) < 4.78 is 42.0. The van der Waals surface area contributed by atoms with E-state index in [1.165, 1.54) is 33.5 Å². The Morgan fingerprint density at radius 1 is 0.909 bits per heavy atom. The zero-order valence-corrected chi connectivity index (χ0v) is 20.2. The van der Waals surface area contributed by atoms with Gasteiger partial charge in [-0.2, -0.15) is 4.31 Å². The molecule has 0 aliphatic heterocycles. The summed E-state index contributed by atoms with van der Waals surface area (Å²) in [5, 5.41) is 0. The number of amides is 1. The van der Waals surface area contributed by atoms with Crippen molar-refractivity contribution in [1.82, 2.24) is 4.31 Å². The number of anilines is 1. The van der Waals surface area contributed by atoms with Crippen molar-refractivity contribution in [2.75, 3.05) is 25.0 Å². The first-order valence-corrected chi connectivity index (χ1v) is 12.2. The lowest BCUT2D eigenvalue weighted by atomic mass is 10.1. The summed E-state index contributed by atoms with van der Waals surface area (Å²) in [6, 6.07) is 18.7. The molecule has 0 bridgehead atoms. The smallest absolute Gasteiger partial charge is 0.244 e. The second-order valence-electron chi connectivity index (χ2n) is 8.23. The van der Waals surface area contributed by atoms with E-state index in [1.807, 2.05) is 49.4 Å². The summed E-state index contributed by atoms with van der Waals surface area (Å²) in [7, 11) is -2.39. The van der Waals surface area contributed by atoms with E-state index >= 15 is 0 Å². The second kappa shape index (κ2) is 10.3. The Hall–Kier alpha value is -3.03. The molecule has 0 saturated heterocycles. The molecule has 0 radical (unpaired) electrons. The Bertz CT molecular complexity index is 1200. The lowest BCUT2D eigenvalue weighted by Gasteiger charge is -2.26. The Morgan fingerprint density at radius 2 is 1.48 bits per heavy atom. The molecule has 0 aromatic heterocycles. The second-order valence-corrected chi connectivity index (χ2v) is 10.1. The van der Waals surface area contributed by atoms with Crippen LogP contribution in [0.3, 0.4) is 0 Å². The van der Waals surface area contributed by atoms with E-state index in [1.54, 1.807) is 20.9 Å². The Balaban J connectivity index is 1.93. The molecule has 174 valence electrons. The van der Waals surface area contributed by atoms with Crippen LogP contribution in [0.15, 0.2) is 71.6 Å². The molecule has 0 spiro atoms. The van der Waals surface area contributed by atoms with Gasteiger partial charge < -0.3 is 4.90 Å². The minimum Gasteiger partial charge on any atom is -0.314 e. The summed E-state index contributed by atoms with van der Waals surface area (Å²) in [5.74, 6) is -0.808. The molecular formula is C26H29FN2O3S. The number of benzene rings is 3. The van der Waals surface area contributed by atoms with Crippen molar-refractivity contribution in [3.63, 3.8) is 0 Å². The van der Waals surface area contributed by atoms with Gasteiger partial charge >= 0.3 is 0 Å². The van der Waals surface area contributed by atoms with Crippen molar-refractivity contribution >= 4 is 21.6 Å². The fraction of sp³-hybridized carbons (Fsp3) is 0.269. The molecule has 33 heavy (non-hydrogen) atoms. The Morgan fingerprint density at radius 3 is 2.06 bits per heavy atom. The molecule has 0 aliphatic rings. The van der Waals surface area contributed by atoms with E-state index < -0.39 is 21.7 Å². The highest BCUT2D eigenvalue weighted by atomic mass is 32.2. The number of nitrogens with zero attached hydrogens (tertiary/aromatic N) is 2. The van der Waals surface area contributed by atoms with Gasteiger partial charge in [0.05, 0.1) is 11.4 Å². The topological polar surface area (TPSA) is 57.7 Å². The molecule has 0 unspecified atom stereocenters. The maximum atomic E-state index is 13.8. The predicted octanol–water partition coefficient (Wildman–Crippen LogP) is 4.65. The first kappa shape index (κ1) is 24.6. The van der Waals surface area contributed by atoms with Crippen LogP contribution in [0.1, 0.15) is 22.3 Å². The molecule has 0 saturated carbocycles. The SMILES string of the molecule is Cc1cc(C)c(S(=O)(=O)N(CCc2ccccc2)CC(=O)N(C)c2ccc(F)cc2)c(C)c1. The van der Waals surface area contributed by atoms with Crippen LogP contribution in [0.25, 0.3) is 0 Å². The van der Waals surface area contributed by atoms with Crippen LogP contribution in [-0.2, 0) is 21.2 Å². The number of aryl methyl sites for hydroxylation is 3. The summed E-state index contributed by atoms with van der Waals surface area (Å²) >= 11 is 0. The van der Waals surface area contributed by atoms with Gasteiger partial charge in [-0.25, -0.2) is 12.8 Å². The van der Waals surface area contributed by atoms with Gasteiger partial charge in [-0.3, -0.25) is 4.79 Å². The third kappa shape index (κ3) is 5.86. The van der Waals surface area contributed by atoms with Crippen LogP contribution in [0, 0.1) is 26.6 Å². The first-order valence-electron chi connectivity index (χ1n) is 10.7. The number of carbonyl (C=O) groups is 1. The van der Waals surface area contributed by atoms with Gasteiger partial charge in [0.15, 0.2) is 0 Å². The van der Waals surface area contributed by atoms with Gasteiger partial charge in [0.25, 0.3) is 0 Å². The number of rotatable bonds is 8. The molecule has 0 fully saturated rings. The fourth-order valence-corrected chi connectivity index (χ4v) is 5.75. The molecular weight excluding hydrogens is 439 g/mol. The highest BCUT2D eigenvalue weighted by Crippen LogP contribution is 2.26. The number of hydrogen-bond acceptors (Lipinski definition) is 3. The number of sulfonamides is 1. The van der Waals surface area contributed by atoms with Crippen molar-refractivity contribution in [3.05, 3.63) is 94.8 Å². The minimum absolute atomic E-state index is 0.155. The van der Waals surface area contributed by atoms with Crippen molar-refractivity contribution < 1.29 is 17.6 Å². The van der Waals surface area contributed by atoms with Gasteiger partial charge in [0.2, 0.25) is 15.9 Å². The van der Waals surface area contributed by atoms with Crippen LogP contribution in [-0.4, -0.2) is 38.8 Å². The van der Waals surface area contributed by atoms with E-state index in [0.717, 1.165) is 11.1 Å². The van der Waals surface area contributed by atoms with Crippen molar-refractivity contribution in [3.8, 4) is 0 Å². The maximum absolute atomic E-state index is 13.8. The lowest BCUT2D eigenvalue weighted by Crippen LogP contribution is -2.42. The Kier molecular flexibility index (Phi) is 7.66. The number of carbonyl (C=O) groups excluding carboxylic acids is 1. The quantitative estimate of drug-likeness (QED) is 0.484. The molecule has 3 aromatic carbocycles. The molecule has 3 aromatic rings. The highest BCUT2D eigenvalue weighted by molar-refractivity contribution is 7.89. The molecule has 0 heterocycles. The van der Waals surface area contributed by atoms with Crippen molar-refractivity contribution in [2.24, 2.45) is 0 Å². The predicted molar refractivity (Wildman–Crippen MR) is 129 cm³/mol. The minimum atomic E-state index is -3.94. The van der Waals surface area contributed by atoms with Gasteiger partial charge in [0, 0.05) is 19.3 Å². The van der Waals surface area contributed by atoms with Crippen LogP contribution in [0.5, 0.6) is 0 Å². The summed E-state index contributed by atoms with van der Waals surface area (Å²) in [6.45, 7) is 5.30. The van der Waals surface area contributed by atoms with E-state index in [9.17, 15) is 17.6 Å². The Labute approximate surface area is 195 Å². The fourth-order valence-electron chi connectivity index (χ4n) is 3.95. The number of likely N-dealkylation sites (N-methyl/N-ethyl adjacent to an activating group) is 1. The van der Waals surface area contributed by atoms with Gasteiger partial charge in [-0.1, -0.05) is 48.0 Å². The van der Waals surface area contributed by atoms with Crippen molar-refractivity contribution in [2.45, 2.75) is 32.1 Å². The van der Waals surface area contributed by atoms with Crippen LogP contribution in [0.2, 0.25) is 0 Å². The third-order valence-electron chi connectivity index (χ3n) is 5.59. The van der Waals surface area contributed by atoms with Gasteiger partial charge in [-0.15, -0.1) is 0 Å². The number of halogens is 1. The van der Waals surface area contributed by atoms with E-state index in [0.29, 0.717) is 23.2 Å². The van der Waals surface area contributed by atoms with Crippen LogP contribution in [0.4, 0.5) is 10.1 Å². The van der Waals surface area contributed by atoms with Crippen LogP contribution >= 0.6 is 0 Å². The van der Waals surface area contributed by atoms with E-state index in [-0.39, 0.29) is 18.0 Å². The van der Waals surface area contributed by atoms with Gasteiger partial charge in [0.1, 0.15) is 5.82 Å². The molecule has 3 rings (SSSR count). The summed E-state index contributed by atoms with van der Waals surface area (Å²) in [6.07, 6.45) is 0.470. The third-order valence-corrected chi connectivity index (χ3v) is 7.75. The first-order chi connectivity index (χ1) is 15.6. The average Bonchev–Trinajstić information content (AvgIpc) is 2.76.